The lowest BCUT2D eigenvalue weighted by atomic mass is 10.0. The monoisotopic (exact) mass is 205 g/mol. The molecule has 0 aliphatic carbocycles. The van der Waals surface area contributed by atoms with E-state index in [1.807, 2.05) is 6.92 Å². The molecule has 0 saturated carbocycles. The number of carbonyl (C=O) groups is 1. The van der Waals surface area contributed by atoms with E-state index in [1.54, 1.807) is 6.92 Å². The van der Waals surface area contributed by atoms with Crippen molar-refractivity contribution in [2.45, 2.75) is 38.3 Å². The molecule has 1 unspecified atom stereocenters. The lowest BCUT2D eigenvalue weighted by molar-refractivity contribution is -0.140. The lowest BCUT2D eigenvalue weighted by Crippen LogP contribution is -2.55. The molecule has 0 heterocycles. The molecular weight excluding hydrogens is 186 g/mol. The maximum Gasteiger partial charge on any atom is 0.320 e. The first kappa shape index (κ1) is 13.4. The average molecular weight is 205 g/mol. The molecule has 0 spiro atoms. The number of hydrogen-bond acceptors (Lipinski definition) is 4. The second kappa shape index (κ2) is 5.95. The second-order valence-corrected chi connectivity index (χ2v) is 3.70. The van der Waals surface area contributed by atoms with Gasteiger partial charge in [-0.1, -0.05) is 13.3 Å². The number of aliphatic hydroxyl groups excluding tert-OH is 2. The fourth-order valence-corrected chi connectivity index (χ4v) is 1.11. The van der Waals surface area contributed by atoms with Gasteiger partial charge in [0.05, 0.1) is 18.8 Å². The van der Waals surface area contributed by atoms with Crippen molar-refractivity contribution in [2.24, 2.45) is 0 Å². The zero-order valence-corrected chi connectivity index (χ0v) is 8.66. The van der Waals surface area contributed by atoms with Crippen molar-refractivity contribution in [1.82, 2.24) is 5.32 Å². The summed E-state index contributed by atoms with van der Waals surface area (Å²) in [7, 11) is 0. The molecule has 84 valence electrons. The van der Waals surface area contributed by atoms with Crippen LogP contribution in [0.4, 0.5) is 0 Å². The number of rotatable bonds is 7. The van der Waals surface area contributed by atoms with Crippen LogP contribution in [0.2, 0.25) is 0 Å². The van der Waals surface area contributed by atoms with Crippen LogP contribution in [0.3, 0.4) is 0 Å². The van der Waals surface area contributed by atoms with Crippen LogP contribution in [0.5, 0.6) is 0 Å². The van der Waals surface area contributed by atoms with Crippen LogP contribution < -0.4 is 5.32 Å². The normalized spacial score (nSPS) is 14.0. The third-order valence-electron chi connectivity index (χ3n) is 2.10. The van der Waals surface area contributed by atoms with Crippen molar-refractivity contribution in [2.75, 3.05) is 13.2 Å². The molecule has 1 atom stereocenters. The van der Waals surface area contributed by atoms with Gasteiger partial charge in [0, 0.05) is 0 Å². The summed E-state index contributed by atoms with van der Waals surface area (Å²) >= 11 is 0. The lowest BCUT2D eigenvalue weighted by Gasteiger charge is -2.29. The highest BCUT2D eigenvalue weighted by Gasteiger charge is 2.28. The zero-order chi connectivity index (χ0) is 11.2. The molecule has 0 aromatic carbocycles. The first-order valence-electron chi connectivity index (χ1n) is 4.71. The Kier molecular flexibility index (Phi) is 5.68. The fourth-order valence-electron chi connectivity index (χ4n) is 1.11. The quantitative estimate of drug-likeness (QED) is 0.453. The van der Waals surface area contributed by atoms with Crippen molar-refractivity contribution in [3.8, 4) is 0 Å². The Balaban J connectivity index is 4.33. The van der Waals surface area contributed by atoms with E-state index in [9.17, 15) is 4.79 Å². The molecule has 0 amide bonds. The van der Waals surface area contributed by atoms with Crippen LogP contribution in [0, 0.1) is 0 Å². The maximum atomic E-state index is 10.8. The highest BCUT2D eigenvalue weighted by atomic mass is 16.4. The molecule has 5 heteroatoms. The average Bonchev–Trinajstić information content (AvgIpc) is 2.17. The minimum Gasteiger partial charge on any atom is -0.480 e. The van der Waals surface area contributed by atoms with E-state index in [0.29, 0.717) is 6.42 Å². The van der Waals surface area contributed by atoms with Gasteiger partial charge in [-0.3, -0.25) is 10.1 Å². The van der Waals surface area contributed by atoms with E-state index in [-0.39, 0.29) is 13.2 Å². The van der Waals surface area contributed by atoms with Gasteiger partial charge in [0.2, 0.25) is 0 Å². The van der Waals surface area contributed by atoms with Crippen LogP contribution >= 0.6 is 0 Å². The number of aliphatic hydroxyl groups is 2. The van der Waals surface area contributed by atoms with Gasteiger partial charge in [0.1, 0.15) is 6.04 Å². The second-order valence-electron chi connectivity index (χ2n) is 3.70. The molecule has 0 rings (SSSR count). The summed E-state index contributed by atoms with van der Waals surface area (Å²) < 4.78 is 0. The molecule has 0 aromatic rings. The number of carboxylic acid groups (broad SMARTS) is 1. The molecule has 0 bridgehead atoms. The fraction of sp³-hybridized carbons (Fsp3) is 0.889. The third-order valence-corrected chi connectivity index (χ3v) is 2.10. The van der Waals surface area contributed by atoms with Gasteiger partial charge in [-0.15, -0.1) is 0 Å². The zero-order valence-electron chi connectivity index (χ0n) is 8.66. The van der Waals surface area contributed by atoms with Crippen molar-refractivity contribution < 1.29 is 20.1 Å². The van der Waals surface area contributed by atoms with E-state index in [1.165, 1.54) is 0 Å². The molecule has 14 heavy (non-hydrogen) atoms. The third kappa shape index (κ3) is 4.04. The highest BCUT2D eigenvalue weighted by molar-refractivity contribution is 5.73. The maximum absolute atomic E-state index is 10.8. The highest BCUT2D eigenvalue weighted by Crippen LogP contribution is 2.06. The Morgan fingerprint density at radius 3 is 2.21 bits per heavy atom. The van der Waals surface area contributed by atoms with E-state index in [0.717, 1.165) is 6.42 Å². The van der Waals surface area contributed by atoms with E-state index >= 15 is 0 Å². The Bertz CT molecular complexity index is 180. The largest absolute Gasteiger partial charge is 0.480 e. The van der Waals surface area contributed by atoms with Gasteiger partial charge in [0.25, 0.3) is 0 Å². The molecule has 0 aromatic heterocycles. The van der Waals surface area contributed by atoms with Crippen molar-refractivity contribution in [1.29, 1.82) is 0 Å². The minimum atomic E-state index is -0.958. The Morgan fingerprint density at radius 1 is 1.43 bits per heavy atom. The number of carboxylic acids is 1. The molecule has 5 nitrogen and oxygen atoms in total. The molecule has 0 aliphatic rings. The van der Waals surface area contributed by atoms with Crippen LogP contribution in [0.1, 0.15) is 26.7 Å². The summed E-state index contributed by atoms with van der Waals surface area (Å²) in [6.45, 7) is 2.87. The summed E-state index contributed by atoms with van der Waals surface area (Å²) in [5.74, 6) is -0.958. The molecule has 0 fully saturated rings. The summed E-state index contributed by atoms with van der Waals surface area (Å²) in [4.78, 5) is 10.8. The van der Waals surface area contributed by atoms with E-state index < -0.39 is 17.6 Å². The van der Waals surface area contributed by atoms with Crippen LogP contribution in [-0.2, 0) is 4.79 Å². The Hall–Kier alpha value is -0.650. The number of aliphatic carboxylic acids is 1. The molecule has 4 N–H and O–H groups in total. The van der Waals surface area contributed by atoms with Crippen molar-refractivity contribution >= 4 is 5.97 Å². The summed E-state index contributed by atoms with van der Waals surface area (Å²) in [5, 5.41) is 29.5. The van der Waals surface area contributed by atoms with Crippen molar-refractivity contribution in [3.05, 3.63) is 0 Å². The summed E-state index contributed by atoms with van der Waals surface area (Å²) in [6.07, 6.45) is 1.21. The van der Waals surface area contributed by atoms with Gasteiger partial charge in [0.15, 0.2) is 0 Å². The summed E-state index contributed by atoms with van der Waals surface area (Å²) in [5.41, 5.74) is -0.932. The smallest absolute Gasteiger partial charge is 0.320 e. The van der Waals surface area contributed by atoms with Gasteiger partial charge in [-0.25, -0.2) is 0 Å². The van der Waals surface area contributed by atoms with Gasteiger partial charge < -0.3 is 15.3 Å². The number of nitrogens with one attached hydrogen (secondary N) is 1. The Morgan fingerprint density at radius 2 is 1.93 bits per heavy atom. The first-order chi connectivity index (χ1) is 6.49. The summed E-state index contributed by atoms with van der Waals surface area (Å²) in [6, 6.07) is -0.718. The van der Waals surface area contributed by atoms with E-state index in [2.05, 4.69) is 5.32 Å². The molecular formula is C9H19NO4. The minimum absolute atomic E-state index is 0.295. The van der Waals surface area contributed by atoms with Crippen molar-refractivity contribution in [3.63, 3.8) is 0 Å². The van der Waals surface area contributed by atoms with Gasteiger partial charge in [-0.05, 0) is 13.3 Å². The Labute approximate surface area is 83.8 Å². The molecule has 0 radical (unpaired) electrons. The van der Waals surface area contributed by atoms with Gasteiger partial charge in [-0.2, -0.15) is 0 Å². The number of hydrogen-bond donors (Lipinski definition) is 4. The van der Waals surface area contributed by atoms with Crippen LogP contribution in [0.15, 0.2) is 0 Å². The molecule has 0 aliphatic heterocycles. The van der Waals surface area contributed by atoms with Gasteiger partial charge >= 0.3 is 5.97 Å². The van der Waals surface area contributed by atoms with Crippen LogP contribution in [0.25, 0.3) is 0 Å². The topological polar surface area (TPSA) is 89.8 Å². The van der Waals surface area contributed by atoms with Crippen LogP contribution in [-0.4, -0.2) is 46.1 Å². The first-order valence-corrected chi connectivity index (χ1v) is 4.71. The predicted octanol–water partition coefficient (Wildman–Crippen LogP) is -0.427. The predicted molar refractivity (Wildman–Crippen MR) is 52.0 cm³/mol. The molecule has 0 saturated heterocycles. The SMILES string of the molecule is CCCC(NC(C)(CO)CO)C(=O)O. The van der Waals surface area contributed by atoms with E-state index in [4.69, 9.17) is 15.3 Å². The standard InChI is InChI=1S/C9H19NO4/c1-3-4-7(8(13)14)10-9(2,5-11)6-12/h7,10-12H,3-6H2,1-2H3,(H,13,14).